The zero-order valence-electron chi connectivity index (χ0n) is 8.63. The van der Waals surface area contributed by atoms with Gasteiger partial charge < -0.3 is 15.6 Å². The molecule has 1 rings (SSSR count). The van der Waals surface area contributed by atoms with Crippen molar-refractivity contribution < 1.29 is 19.4 Å². The summed E-state index contributed by atoms with van der Waals surface area (Å²) in [5.74, 6) is -1.82. The lowest BCUT2D eigenvalue weighted by Crippen LogP contribution is -2.34. The lowest BCUT2D eigenvalue weighted by molar-refractivity contribution is -0.150. The molecule has 1 aromatic carbocycles. The van der Waals surface area contributed by atoms with Crippen molar-refractivity contribution in [1.29, 1.82) is 0 Å². The van der Waals surface area contributed by atoms with Gasteiger partial charge in [-0.25, -0.2) is 0 Å². The number of carbonyl (C=O) groups is 2. The van der Waals surface area contributed by atoms with Gasteiger partial charge in [0, 0.05) is 0 Å². The maximum absolute atomic E-state index is 11.2. The smallest absolute Gasteiger partial charge is 0.323 e. The number of nitrogens with two attached hydrogens (primary N) is 1. The Morgan fingerprint density at radius 1 is 1.31 bits per heavy atom. The largest absolute Gasteiger partial charge is 0.481 e. The van der Waals surface area contributed by atoms with E-state index in [4.69, 9.17) is 15.6 Å². The first-order chi connectivity index (χ1) is 7.59. The van der Waals surface area contributed by atoms with Gasteiger partial charge in [0.2, 0.25) is 0 Å². The molecule has 5 heteroatoms. The monoisotopic (exact) mass is 223 g/mol. The number of carboxylic acid groups (broad SMARTS) is 1. The van der Waals surface area contributed by atoms with Gasteiger partial charge in [0.25, 0.3) is 0 Å². The van der Waals surface area contributed by atoms with Crippen molar-refractivity contribution in [3.05, 3.63) is 35.9 Å². The van der Waals surface area contributed by atoms with Gasteiger partial charge in [-0.05, 0) is 5.56 Å². The summed E-state index contributed by atoms with van der Waals surface area (Å²) in [5.41, 5.74) is 6.16. The zero-order valence-corrected chi connectivity index (χ0v) is 8.63. The molecule has 86 valence electrons. The summed E-state index contributed by atoms with van der Waals surface area (Å²) in [7, 11) is 0. The summed E-state index contributed by atoms with van der Waals surface area (Å²) < 4.78 is 4.86. The first-order valence-corrected chi connectivity index (χ1v) is 4.77. The molecule has 3 N–H and O–H groups in total. The zero-order chi connectivity index (χ0) is 12.0. The van der Waals surface area contributed by atoms with Gasteiger partial charge in [-0.1, -0.05) is 30.3 Å². The molecule has 0 heterocycles. The van der Waals surface area contributed by atoms with E-state index < -0.39 is 24.4 Å². The van der Waals surface area contributed by atoms with E-state index >= 15 is 0 Å². The Morgan fingerprint density at radius 2 is 1.94 bits per heavy atom. The Kier molecular flexibility index (Phi) is 4.47. The average Bonchev–Trinajstić information content (AvgIpc) is 2.26. The Bertz CT molecular complexity index is 364. The predicted molar refractivity (Wildman–Crippen MR) is 56.5 cm³/mol. The SMILES string of the molecule is NC(CC(=O)O)C(=O)OCc1ccccc1. The fourth-order valence-electron chi connectivity index (χ4n) is 1.11. The van der Waals surface area contributed by atoms with Crippen LogP contribution in [-0.2, 0) is 20.9 Å². The third-order valence-corrected chi connectivity index (χ3v) is 1.92. The second kappa shape index (κ2) is 5.87. The van der Waals surface area contributed by atoms with Crippen LogP contribution in [0.5, 0.6) is 0 Å². The van der Waals surface area contributed by atoms with Crippen molar-refractivity contribution in [2.45, 2.75) is 19.1 Å². The highest BCUT2D eigenvalue weighted by molar-refractivity contribution is 5.81. The van der Waals surface area contributed by atoms with E-state index in [1.807, 2.05) is 18.2 Å². The van der Waals surface area contributed by atoms with Crippen LogP contribution in [0.1, 0.15) is 12.0 Å². The Labute approximate surface area is 92.8 Å². The maximum atomic E-state index is 11.2. The topological polar surface area (TPSA) is 89.6 Å². The number of rotatable bonds is 5. The van der Waals surface area contributed by atoms with E-state index in [1.54, 1.807) is 12.1 Å². The lowest BCUT2D eigenvalue weighted by Gasteiger charge is -2.09. The molecule has 0 aliphatic rings. The molecule has 5 nitrogen and oxygen atoms in total. The number of esters is 1. The standard InChI is InChI=1S/C11H13NO4/c12-9(6-10(13)14)11(15)16-7-8-4-2-1-3-5-8/h1-5,9H,6-7,12H2,(H,13,14). The number of aliphatic carboxylic acids is 1. The van der Waals surface area contributed by atoms with Gasteiger partial charge in [0.15, 0.2) is 0 Å². The minimum absolute atomic E-state index is 0.104. The van der Waals surface area contributed by atoms with E-state index in [0.717, 1.165) is 5.56 Å². The van der Waals surface area contributed by atoms with Crippen LogP contribution >= 0.6 is 0 Å². The molecule has 0 aromatic heterocycles. The molecule has 16 heavy (non-hydrogen) atoms. The number of hydrogen-bond donors (Lipinski definition) is 2. The molecular weight excluding hydrogens is 210 g/mol. The molecule has 0 aliphatic heterocycles. The highest BCUT2D eigenvalue weighted by Crippen LogP contribution is 2.02. The van der Waals surface area contributed by atoms with E-state index in [-0.39, 0.29) is 6.61 Å². The van der Waals surface area contributed by atoms with Crippen LogP contribution in [0.15, 0.2) is 30.3 Å². The van der Waals surface area contributed by atoms with Crippen molar-refractivity contribution in [1.82, 2.24) is 0 Å². The van der Waals surface area contributed by atoms with E-state index in [1.165, 1.54) is 0 Å². The first kappa shape index (κ1) is 12.2. The highest BCUT2D eigenvalue weighted by atomic mass is 16.5. The van der Waals surface area contributed by atoms with E-state index in [9.17, 15) is 9.59 Å². The summed E-state index contributed by atoms with van der Waals surface area (Å²) >= 11 is 0. The highest BCUT2D eigenvalue weighted by Gasteiger charge is 2.18. The van der Waals surface area contributed by atoms with Crippen LogP contribution < -0.4 is 5.73 Å². The van der Waals surface area contributed by atoms with Crippen molar-refractivity contribution in [3.8, 4) is 0 Å². The van der Waals surface area contributed by atoms with Crippen LogP contribution in [-0.4, -0.2) is 23.1 Å². The molecule has 0 spiro atoms. The summed E-state index contributed by atoms with van der Waals surface area (Å²) in [6.45, 7) is 0.104. The molecule has 0 aliphatic carbocycles. The molecule has 1 aromatic rings. The quantitative estimate of drug-likeness (QED) is 0.711. The second-order valence-corrected chi connectivity index (χ2v) is 3.30. The summed E-state index contributed by atoms with van der Waals surface area (Å²) in [6, 6.07) is 7.98. The minimum Gasteiger partial charge on any atom is -0.481 e. The molecule has 0 amide bonds. The number of benzene rings is 1. The predicted octanol–water partition coefficient (Wildman–Crippen LogP) is 0.532. The van der Waals surface area contributed by atoms with Gasteiger partial charge in [0.1, 0.15) is 12.6 Å². The fourth-order valence-corrected chi connectivity index (χ4v) is 1.11. The normalized spacial score (nSPS) is 11.8. The second-order valence-electron chi connectivity index (χ2n) is 3.30. The van der Waals surface area contributed by atoms with Gasteiger partial charge in [-0.3, -0.25) is 9.59 Å². The van der Waals surface area contributed by atoms with Gasteiger partial charge in [-0.2, -0.15) is 0 Å². The Hall–Kier alpha value is -1.88. The van der Waals surface area contributed by atoms with E-state index in [0.29, 0.717) is 0 Å². The van der Waals surface area contributed by atoms with Crippen molar-refractivity contribution in [2.75, 3.05) is 0 Å². The molecule has 0 saturated carbocycles. The van der Waals surface area contributed by atoms with Crippen molar-refractivity contribution >= 4 is 11.9 Å². The molecule has 0 bridgehead atoms. The van der Waals surface area contributed by atoms with Crippen molar-refractivity contribution in [3.63, 3.8) is 0 Å². The average molecular weight is 223 g/mol. The van der Waals surface area contributed by atoms with Crippen LogP contribution in [0.4, 0.5) is 0 Å². The van der Waals surface area contributed by atoms with E-state index in [2.05, 4.69) is 0 Å². The molecule has 0 radical (unpaired) electrons. The molecule has 1 unspecified atom stereocenters. The van der Waals surface area contributed by atoms with Gasteiger partial charge in [-0.15, -0.1) is 0 Å². The number of hydrogen-bond acceptors (Lipinski definition) is 4. The third kappa shape index (κ3) is 4.10. The summed E-state index contributed by atoms with van der Waals surface area (Å²) in [5, 5.41) is 8.43. The minimum atomic E-state index is -1.12. The third-order valence-electron chi connectivity index (χ3n) is 1.92. The van der Waals surface area contributed by atoms with Crippen molar-refractivity contribution in [2.24, 2.45) is 5.73 Å². The Morgan fingerprint density at radius 3 is 2.50 bits per heavy atom. The van der Waals surface area contributed by atoms with Crippen LogP contribution in [0.25, 0.3) is 0 Å². The number of carboxylic acids is 1. The molecule has 0 fully saturated rings. The number of carbonyl (C=O) groups excluding carboxylic acids is 1. The molecule has 0 saturated heterocycles. The fraction of sp³-hybridized carbons (Fsp3) is 0.273. The van der Waals surface area contributed by atoms with Gasteiger partial charge in [0.05, 0.1) is 6.42 Å². The molecular formula is C11H13NO4. The first-order valence-electron chi connectivity index (χ1n) is 4.77. The maximum Gasteiger partial charge on any atom is 0.323 e. The lowest BCUT2D eigenvalue weighted by atomic mass is 10.2. The van der Waals surface area contributed by atoms with Crippen LogP contribution in [0.3, 0.4) is 0 Å². The van der Waals surface area contributed by atoms with Gasteiger partial charge >= 0.3 is 11.9 Å². The molecule has 1 atom stereocenters. The van der Waals surface area contributed by atoms with Crippen LogP contribution in [0.2, 0.25) is 0 Å². The van der Waals surface area contributed by atoms with Crippen LogP contribution in [0, 0.1) is 0 Å². The summed E-state index contributed by atoms with van der Waals surface area (Å²) in [4.78, 5) is 21.5. The number of ether oxygens (including phenoxy) is 1. The Balaban J connectivity index is 2.38. The summed E-state index contributed by atoms with van der Waals surface area (Å²) in [6.07, 6.45) is -0.423.